The van der Waals surface area contributed by atoms with Crippen molar-refractivity contribution in [1.82, 2.24) is 0 Å². The Morgan fingerprint density at radius 3 is 2.30 bits per heavy atom. The molecule has 0 amide bonds. The molecule has 2 aliphatic rings. The second-order valence-electron chi connectivity index (χ2n) is 5.89. The van der Waals surface area contributed by atoms with E-state index in [0.717, 1.165) is 37.8 Å². The summed E-state index contributed by atoms with van der Waals surface area (Å²) >= 11 is 0. The number of benzene rings is 1. The molecule has 1 aliphatic carbocycles. The molecule has 1 saturated carbocycles. The van der Waals surface area contributed by atoms with E-state index < -0.39 is 22.9 Å². The zero-order chi connectivity index (χ0) is 14.6. The molecule has 2 nitrogen and oxygen atoms in total. The molecule has 5 heteroatoms. The highest BCUT2D eigenvalue weighted by molar-refractivity contribution is 5.34. The van der Waals surface area contributed by atoms with E-state index in [1.807, 2.05) is 0 Å². The maximum atomic E-state index is 12.6. The first-order valence-electron chi connectivity index (χ1n) is 6.85. The van der Waals surface area contributed by atoms with Crippen molar-refractivity contribution in [3.05, 3.63) is 35.4 Å². The number of hydrogen-bond acceptors (Lipinski definition) is 2. The molecule has 3 rings (SSSR count). The van der Waals surface area contributed by atoms with Crippen molar-refractivity contribution < 1.29 is 23.0 Å². The van der Waals surface area contributed by atoms with Gasteiger partial charge in [-0.1, -0.05) is 25.0 Å². The lowest BCUT2D eigenvalue weighted by molar-refractivity contribution is -0.137. The lowest BCUT2D eigenvalue weighted by Gasteiger charge is -2.33. The first-order chi connectivity index (χ1) is 9.27. The van der Waals surface area contributed by atoms with E-state index >= 15 is 0 Å². The number of epoxide rings is 1. The van der Waals surface area contributed by atoms with Crippen LogP contribution < -0.4 is 0 Å². The minimum atomic E-state index is -4.36. The fraction of sp³-hybridized carbons (Fsp3) is 0.600. The van der Waals surface area contributed by atoms with Gasteiger partial charge in [-0.15, -0.1) is 0 Å². The minimum absolute atomic E-state index is 0.0357. The zero-order valence-electron chi connectivity index (χ0n) is 11.2. The number of halogens is 3. The van der Waals surface area contributed by atoms with Gasteiger partial charge >= 0.3 is 6.18 Å². The average molecular weight is 286 g/mol. The highest BCUT2D eigenvalue weighted by atomic mass is 19.4. The van der Waals surface area contributed by atoms with Gasteiger partial charge in [0.15, 0.2) is 0 Å². The smallest absolute Gasteiger partial charge is 0.382 e. The van der Waals surface area contributed by atoms with Crippen molar-refractivity contribution in [3.8, 4) is 0 Å². The van der Waals surface area contributed by atoms with Crippen molar-refractivity contribution in [2.45, 2.75) is 56.1 Å². The van der Waals surface area contributed by atoms with Crippen LogP contribution in [-0.4, -0.2) is 16.8 Å². The van der Waals surface area contributed by atoms with Gasteiger partial charge in [0.1, 0.15) is 11.2 Å². The van der Waals surface area contributed by atoms with Crippen LogP contribution >= 0.6 is 0 Å². The van der Waals surface area contributed by atoms with Crippen LogP contribution in [0.1, 0.15) is 43.7 Å². The Labute approximate surface area is 115 Å². The normalized spacial score (nSPS) is 32.4. The predicted octanol–water partition coefficient (Wildman–Crippen LogP) is 3.62. The first kappa shape index (κ1) is 13.9. The van der Waals surface area contributed by atoms with E-state index in [1.54, 1.807) is 6.92 Å². The van der Waals surface area contributed by atoms with E-state index in [1.165, 1.54) is 12.1 Å². The van der Waals surface area contributed by atoms with Gasteiger partial charge in [-0.3, -0.25) is 0 Å². The molecular formula is C15H17F3O2. The van der Waals surface area contributed by atoms with Crippen molar-refractivity contribution in [2.75, 3.05) is 0 Å². The maximum Gasteiger partial charge on any atom is 0.416 e. The van der Waals surface area contributed by atoms with Crippen LogP contribution in [0.25, 0.3) is 0 Å². The first-order valence-corrected chi connectivity index (χ1v) is 6.85. The van der Waals surface area contributed by atoms with Crippen LogP contribution in [0.2, 0.25) is 0 Å². The fourth-order valence-electron chi connectivity index (χ4n) is 3.35. The van der Waals surface area contributed by atoms with Gasteiger partial charge in [0.05, 0.1) is 11.7 Å². The molecule has 0 radical (unpaired) electrons. The molecule has 0 unspecified atom stereocenters. The Morgan fingerprint density at radius 1 is 1.15 bits per heavy atom. The number of rotatable bonds is 2. The summed E-state index contributed by atoms with van der Waals surface area (Å²) < 4.78 is 43.4. The Balaban J connectivity index is 1.88. The van der Waals surface area contributed by atoms with Gasteiger partial charge in [0.2, 0.25) is 0 Å². The number of ether oxygens (including phenoxy) is 1. The molecule has 0 aromatic heterocycles. The van der Waals surface area contributed by atoms with E-state index in [9.17, 15) is 18.3 Å². The summed E-state index contributed by atoms with van der Waals surface area (Å²) in [7, 11) is 0. The third-order valence-corrected chi connectivity index (χ3v) is 4.68. The molecule has 1 N–H and O–H groups in total. The van der Waals surface area contributed by atoms with Crippen LogP contribution in [0.4, 0.5) is 13.2 Å². The van der Waals surface area contributed by atoms with E-state index in [0.29, 0.717) is 5.56 Å². The molecule has 1 aliphatic heterocycles. The van der Waals surface area contributed by atoms with Crippen LogP contribution in [0, 0.1) is 0 Å². The molecule has 110 valence electrons. The highest BCUT2D eigenvalue weighted by Crippen LogP contribution is 2.57. The molecule has 1 aromatic rings. The molecule has 20 heavy (non-hydrogen) atoms. The van der Waals surface area contributed by atoms with Crippen molar-refractivity contribution in [2.24, 2.45) is 0 Å². The van der Waals surface area contributed by atoms with Gasteiger partial charge in [-0.05, 0) is 37.5 Å². The molecule has 0 bridgehead atoms. The molecule has 1 heterocycles. The Morgan fingerprint density at radius 2 is 1.75 bits per heavy atom. The number of fused-ring (bicyclic) bond motifs is 1. The summed E-state index contributed by atoms with van der Waals surface area (Å²) in [5.74, 6) is 0. The summed E-state index contributed by atoms with van der Waals surface area (Å²) in [4.78, 5) is 0. The van der Waals surface area contributed by atoms with Crippen molar-refractivity contribution in [3.63, 3.8) is 0 Å². The number of hydrogen-bond donors (Lipinski definition) is 1. The monoisotopic (exact) mass is 286 g/mol. The van der Waals surface area contributed by atoms with E-state index in [4.69, 9.17) is 4.74 Å². The van der Waals surface area contributed by atoms with Gasteiger partial charge in [0.25, 0.3) is 0 Å². The highest BCUT2D eigenvalue weighted by Gasteiger charge is 2.67. The Hall–Kier alpha value is -1.07. The van der Waals surface area contributed by atoms with Gasteiger partial charge < -0.3 is 9.84 Å². The summed E-state index contributed by atoms with van der Waals surface area (Å²) in [5, 5.41) is 10.8. The third-order valence-electron chi connectivity index (χ3n) is 4.68. The molecule has 3 atom stereocenters. The maximum absolute atomic E-state index is 12.6. The second kappa shape index (κ2) is 4.21. The molecule has 0 spiro atoms. The van der Waals surface area contributed by atoms with Gasteiger partial charge in [0, 0.05) is 0 Å². The van der Waals surface area contributed by atoms with Crippen molar-refractivity contribution >= 4 is 0 Å². The zero-order valence-corrected chi connectivity index (χ0v) is 11.2. The van der Waals surface area contributed by atoms with Crippen LogP contribution in [-0.2, 0) is 16.5 Å². The lowest BCUT2D eigenvalue weighted by atomic mass is 9.74. The van der Waals surface area contributed by atoms with Crippen LogP contribution in [0.3, 0.4) is 0 Å². The lowest BCUT2D eigenvalue weighted by Crippen LogP contribution is -2.43. The topological polar surface area (TPSA) is 32.8 Å². The number of aliphatic hydroxyl groups is 1. The van der Waals surface area contributed by atoms with E-state index in [2.05, 4.69) is 0 Å². The standard InChI is InChI=1S/C15H17F3O2/c1-13(19,14-9-3-2-4-12(14)20-14)10-5-7-11(8-6-10)15(16,17)18/h5-8,12,19H,2-4,9H2,1H3/t12-,13-,14+/m0/s1. The molecule has 2 fully saturated rings. The van der Waals surface area contributed by atoms with Gasteiger partial charge in [-0.2, -0.15) is 13.2 Å². The summed E-state index contributed by atoms with van der Waals surface area (Å²) in [6, 6.07) is 4.73. The largest absolute Gasteiger partial charge is 0.416 e. The van der Waals surface area contributed by atoms with Gasteiger partial charge in [-0.25, -0.2) is 0 Å². The molecular weight excluding hydrogens is 269 g/mol. The average Bonchev–Trinajstić information content (AvgIpc) is 3.14. The summed E-state index contributed by atoms with van der Waals surface area (Å²) in [5.41, 5.74) is -2.07. The Kier molecular flexibility index (Phi) is 2.93. The summed E-state index contributed by atoms with van der Waals surface area (Å²) in [6.45, 7) is 1.64. The fourth-order valence-corrected chi connectivity index (χ4v) is 3.35. The van der Waals surface area contributed by atoms with E-state index in [-0.39, 0.29) is 6.10 Å². The second-order valence-corrected chi connectivity index (χ2v) is 5.89. The van der Waals surface area contributed by atoms with Crippen LogP contribution in [0.15, 0.2) is 24.3 Å². The third kappa shape index (κ3) is 1.95. The van der Waals surface area contributed by atoms with Crippen molar-refractivity contribution in [1.29, 1.82) is 0 Å². The SMILES string of the molecule is C[C@](O)(c1ccc(C(F)(F)F)cc1)[C@@]12CCCC[C@@H]1O2. The molecule has 1 saturated heterocycles. The quantitative estimate of drug-likeness (QED) is 0.842. The Bertz CT molecular complexity index is 507. The molecule has 1 aromatic carbocycles. The summed E-state index contributed by atoms with van der Waals surface area (Å²) in [6.07, 6.45) is -0.592. The number of alkyl halides is 3. The predicted molar refractivity (Wildman–Crippen MR) is 67.1 cm³/mol. The van der Waals surface area contributed by atoms with Crippen LogP contribution in [0.5, 0.6) is 0 Å². The minimum Gasteiger partial charge on any atom is -0.382 e.